The Hall–Kier alpha value is -2.36. The number of hydrogen-bond acceptors (Lipinski definition) is 3. The van der Waals surface area contributed by atoms with Crippen LogP contribution in [-0.4, -0.2) is 14.5 Å². The predicted molar refractivity (Wildman–Crippen MR) is 67.5 cm³/mol. The molecule has 0 aliphatic rings. The first-order valence-corrected chi connectivity index (χ1v) is 5.43. The molecule has 0 saturated heterocycles. The Kier molecular flexibility index (Phi) is 2.26. The van der Waals surface area contributed by atoms with Gasteiger partial charge in [0.05, 0.1) is 23.9 Å². The van der Waals surface area contributed by atoms with Gasteiger partial charge in [-0.05, 0) is 23.8 Å². The van der Waals surface area contributed by atoms with E-state index in [0.29, 0.717) is 5.82 Å². The third kappa shape index (κ3) is 1.85. The fourth-order valence-corrected chi connectivity index (χ4v) is 1.86. The molecule has 4 heteroatoms. The first-order chi connectivity index (χ1) is 8.33. The van der Waals surface area contributed by atoms with Crippen molar-refractivity contribution in [2.24, 2.45) is 0 Å². The predicted octanol–water partition coefficient (Wildman–Crippen LogP) is 2.06. The van der Waals surface area contributed by atoms with Crippen LogP contribution < -0.4 is 5.73 Å². The normalized spacial score (nSPS) is 10.8. The van der Waals surface area contributed by atoms with Crippen molar-refractivity contribution >= 4 is 16.9 Å². The molecular weight excluding hydrogens is 212 g/mol. The van der Waals surface area contributed by atoms with Crippen LogP contribution in [0.15, 0.2) is 48.9 Å². The molecule has 0 aliphatic heterocycles. The molecule has 3 rings (SSSR count). The number of rotatable bonds is 2. The molecule has 17 heavy (non-hydrogen) atoms. The third-order valence-electron chi connectivity index (χ3n) is 2.73. The van der Waals surface area contributed by atoms with Gasteiger partial charge in [-0.15, -0.1) is 0 Å². The molecule has 0 spiro atoms. The van der Waals surface area contributed by atoms with E-state index in [2.05, 4.69) is 20.6 Å². The molecular formula is C13H12N4. The Morgan fingerprint density at radius 2 is 1.94 bits per heavy atom. The first kappa shape index (κ1) is 9.84. The van der Waals surface area contributed by atoms with Crippen LogP contribution in [0.4, 0.5) is 5.82 Å². The summed E-state index contributed by atoms with van der Waals surface area (Å²) >= 11 is 0. The van der Waals surface area contributed by atoms with E-state index in [9.17, 15) is 0 Å². The Balaban J connectivity index is 1.97. The lowest BCUT2D eigenvalue weighted by atomic mass is 10.2. The number of pyridine rings is 1. The van der Waals surface area contributed by atoms with Gasteiger partial charge >= 0.3 is 0 Å². The summed E-state index contributed by atoms with van der Waals surface area (Å²) in [4.78, 5) is 8.43. The van der Waals surface area contributed by atoms with Crippen LogP contribution in [0.5, 0.6) is 0 Å². The molecule has 0 radical (unpaired) electrons. The highest BCUT2D eigenvalue weighted by Gasteiger charge is 2.02. The summed E-state index contributed by atoms with van der Waals surface area (Å²) in [5.41, 5.74) is 8.81. The van der Waals surface area contributed by atoms with E-state index in [1.165, 1.54) is 0 Å². The number of nitrogens with two attached hydrogens (primary N) is 1. The minimum Gasteiger partial charge on any atom is -0.384 e. The lowest BCUT2D eigenvalue weighted by Crippen LogP contribution is -1.99. The van der Waals surface area contributed by atoms with E-state index in [1.807, 2.05) is 36.7 Å². The summed E-state index contributed by atoms with van der Waals surface area (Å²) in [5.74, 6) is 0.546. The van der Waals surface area contributed by atoms with Gasteiger partial charge in [0.25, 0.3) is 0 Å². The molecule has 0 bridgehead atoms. The molecule has 1 aromatic carbocycles. The topological polar surface area (TPSA) is 56.7 Å². The summed E-state index contributed by atoms with van der Waals surface area (Å²) < 4.78 is 2.10. The van der Waals surface area contributed by atoms with Gasteiger partial charge in [-0.2, -0.15) is 0 Å². The lowest BCUT2D eigenvalue weighted by molar-refractivity contribution is 0.820. The molecule has 2 aromatic heterocycles. The summed E-state index contributed by atoms with van der Waals surface area (Å²) in [6.45, 7) is 0.758. The van der Waals surface area contributed by atoms with E-state index in [-0.39, 0.29) is 0 Å². The van der Waals surface area contributed by atoms with Crippen LogP contribution in [0, 0.1) is 0 Å². The molecule has 0 aliphatic carbocycles. The number of para-hydroxylation sites is 2. The second kappa shape index (κ2) is 3.90. The second-order valence-corrected chi connectivity index (χ2v) is 3.95. The minimum atomic E-state index is 0.546. The Morgan fingerprint density at radius 3 is 2.76 bits per heavy atom. The fraction of sp³-hybridized carbons (Fsp3) is 0.0769. The van der Waals surface area contributed by atoms with Crippen molar-refractivity contribution in [1.82, 2.24) is 14.5 Å². The van der Waals surface area contributed by atoms with E-state index in [0.717, 1.165) is 23.1 Å². The highest BCUT2D eigenvalue weighted by atomic mass is 15.0. The quantitative estimate of drug-likeness (QED) is 0.724. The highest BCUT2D eigenvalue weighted by molar-refractivity contribution is 5.75. The summed E-state index contributed by atoms with van der Waals surface area (Å²) in [6.07, 6.45) is 3.64. The molecule has 2 N–H and O–H groups in total. The standard InChI is InChI=1S/C13H12N4/c14-13-6-5-10(7-15-13)8-17-9-16-11-3-1-2-4-12(11)17/h1-7,9H,8H2,(H2,14,15). The molecule has 0 unspecified atom stereocenters. The molecule has 0 amide bonds. The molecule has 0 fully saturated rings. The van der Waals surface area contributed by atoms with Crippen LogP contribution in [0.2, 0.25) is 0 Å². The van der Waals surface area contributed by atoms with Gasteiger partial charge in [0.1, 0.15) is 5.82 Å². The number of nitrogens with zero attached hydrogens (tertiary/aromatic N) is 3. The van der Waals surface area contributed by atoms with Crippen LogP contribution >= 0.6 is 0 Å². The first-order valence-electron chi connectivity index (χ1n) is 5.43. The van der Waals surface area contributed by atoms with Crippen LogP contribution in [0.25, 0.3) is 11.0 Å². The van der Waals surface area contributed by atoms with Gasteiger partial charge in [-0.1, -0.05) is 18.2 Å². The van der Waals surface area contributed by atoms with Crippen molar-refractivity contribution < 1.29 is 0 Å². The maximum Gasteiger partial charge on any atom is 0.123 e. The molecule has 84 valence electrons. The van der Waals surface area contributed by atoms with Crippen molar-refractivity contribution in [1.29, 1.82) is 0 Å². The number of imidazole rings is 1. The number of nitrogen functional groups attached to an aromatic ring is 1. The number of hydrogen-bond donors (Lipinski definition) is 1. The Bertz CT molecular complexity index is 640. The molecule has 0 saturated carbocycles. The van der Waals surface area contributed by atoms with E-state index in [1.54, 1.807) is 6.20 Å². The van der Waals surface area contributed by atoms with Crippen LogP contribution in [0.1, 0.15) is 5.56 Å². The SMILES string of the molecule is Nc1ccc(Cn2cnc3ccccc32)cn1. The monoisotopic (exact) mass is 224 g/mol. The largest absolute Gasteiger partial charge is 0.384 e. The Morgan fingerprint density at radius 1 is 1.06 bits per heavy atom. The zero-order valence-electron chi connectivity index (χ0n) is 9.24. The van der Waals surface area contributed by atoms with E-state index < -0.39 is 0 Å². The third-order valence-corrected chi connectivity index (χ3v) is 2.73. The van der Waals surface area contributed by atoms with Crippen molar-refractivity contribution in [2.75, 3.05) is 5.73 Å². The maximum absolute atomic E-state index is 5.56. The summed E-state index contributed by atoms with van der Waals surface area (Å²) in [6, 6.07) is 11.9. The van der Waals surface area contributed by atoms with E-state index >= 15 is 0 Å². The maximum atomic E-state index is 5.56. The summed E-state index contributed by atoms with van der Waals surface area (Å²) in [7, 11) is 0. The fourth-order valence-electron chi connectivity index (χ4n) is 1.86. The number of benzene rings is 1. The average Bonchev–Trinajstić information content (AvgIpc) is 2.76. The summed E-state index contributed by atoms with van der Waals surface area (Å²) in [5, 5.41) is 0. The van der Waals surface area contributed by atoms with Gasteiger partial charge in [0.2, 0.25) is 0 Å². The molecule has 2 heterocycles. The lowest BCUT2D eigenvalue weighted by Gasteiger charge is -2.04. The van der Waals surface area contributed by atoms with Crippen molar-refractivity contribution in [3.63, 3.8) is 0 Å². The van der Waals surface area contributed by atoms with Crippen LogP contribution in [0.3, 0.4) is 0 Å². The van der Waals surface area contributed by atoms with Crippen LogP contribution in [-0.2, 0) is 6.54 Å². The molecule has 4 nitrogen and oxygen atoms in total. The zero-order chi connectivity index (χ0) is 11.7. The molecule has 0 atom stereocenters. The van der Waals surface area contributed by atoms with Gasteiger partial charge in [-0.25, -0.2) is 9.97 Å². The smallest absolute Gasteiger partial charge is 0.123 e. The van der Waals surface area contributed by atoms with Crippen molar-refractivity contribution in [3.8, 4) is 0 Å². The second-order valence-electron chi connectivity index (χ2n) is 3.95. The number of aromatic nitrogens is 3. The van der Waals surface area contributed by atoms with Crippen molar-refractivity contribution in [2.45, 2.75) is 6.54 Å². The van der Waals surface area contributed by atoms with Gasteiger partial charge in [-0.3, -0.25) is 0 Å². The highest BCUT2D eigenvalue weighted by Crippen LogP contribution is 2.13. The molecule has 3 aromatic rings. The minimum absolute atomic E-state index is 0.546. The zero-order valence-corrected chi connectivity index (χ0v) is 9.24. The number of anilines is 1. The number of fused-ring (bicyclic) bond motifs is 1. The van der Waals surface area contributed by atoms with Gasteiger partial charge < -0.3 is 10.3 Å². The average molecular weight is 224 g/mol. The van der Waals surface area contributed by atoms with Crippen molar-refractivity contribution in [3.05, 3.63) is 54.5 Å². The van der Waals surface area contributed by atoms with E-state index in [4.69, 9.17) is 5.73 Å². The van der Waals surface area contributed by atoms with Gasteiger partial charge in [0.15, 0.2) is 0 Å². The Labute approximate surface area is 98.7 Å². The van der Waals surface area contributed by atoms with Gasteiger partial charge in [0, 0.05) is 6.20 Å².